The number of nitrogen functional groups attached to an aromatic ring is 2. The maximum Gasteiger partial charge on any atom is 0.280 e. The lowest BCUT2D eigenvalue weighted by Gasteiger charge is -2.28. The van der Waals surface area contributed by atoms with Crippen LogP contribution in [0.5, 0.6) is 0 Å². The zero-order chi connectivity index (χ0) is 23.5. The van der Waals surface area contributed by atoms with Gasteiger partial charge < -0.3 is 32.2 Å². The number of aliphatic hydroxyl groups is 2. The van der Waals surface area contributed by atoms with E-state index in [1.54, 1.807) is 0 Å². The van der Waals surface area contributed by atoms with Crippen LogP contribution in [0, 0.1) is 5.92 Å². The normalized spacial score (nSPS) is 20.2. The molecule has 9 N–H and O–H groups in total. The number of unbranched alkanes of at least 4 members (excludes halogenated alkanes) is 1. The van der Waals surface area contributed by atoms with Crippen LogP contribution in [0.4, 0.5) is 11.6 Å². The number of anilines is 2. The molecule has 0 radical (unpaired) electrons. The molecule has 1 aliphatic carbocycles. The van der Waals surface area contributed by atoms with Crippen molar-refractivity contribution in [1.29, 1.82) is 0 Å². The molecule has 0 aromatic carbocycles. The number of guanidine groups is 1. The molecule has 11 nitrogen and oxygen atoms in total. The molecule has 0 spiro atoms. The predicted octanol–water partition coefficient (Wildman–Crippen LogP) is 0.828. The molecule has 1 unspecified atom stereocenters. The minimum atomic E-state index is -0.695. The number of nitrogens with two attached hydrogens (primary N) is 3. The van der Waals surface area contributed by atoms with E-state index >= 15 is 0 Å². The first-order valence-corrected chi connectivity index (χ1v) is 11.3. The maximum absolute atomic E-state index is 12.2. The first-order chi connectivity index (χ1) is 15.3. The lowest BCUT2D eigenvalue weighted by molar-refractivity contribution is -0.00788. The summed E-state index contributed by atoms with van der Waals surface area (Å²) < 4.78 is 5.79. The fourth-order valence-electron chi connectivity index (χ4n) is 3.62. The van der Waals surface area contributed by atoms with Crippen molar-refractivity contribution >= 4 is 35.1 Å². The third kappa shape index (κ3) is 8.73. The summed E-state index contributed by atoms with van der Waals surface area (Å²) in [5.74, 6) is -0.187. The third-order valence-electron chi connectivity index (χ3n) is 5.47. The summed E-state index contributed by atoms with van der Waals surface area (Å²) in [5.41, 5.74) is 16.7. The van der Waals surface area contributed by atoms with Crippen LogP contribution in [0.2, 0.25) is 5.15 Å². The number of amides is 1. The van der Waals surface area contributed by atoms with E-state index in [1.807, 2.05) is 0 Å². The Balaban J connectivity index is 1.60. The Morgan fingerprint density at radius 1 is 1.22 bits per heavy atom. The van der Waals surface area contributed by atoms with Gasteiger partial charge >= 0.3 is 0 Å². The molecule has 0 saturated heterocycles. The molecule has 12 heteroatoms. The zero-order valence-corrected chi connectivity index (χ0v) is 18.9. The van der Waals surface area contributed by atoms with Gasteiger partial charge in [0.1, 0.15) is 0 Å². The number of nitrogens with one attached hydrogen (secondary N) is 1. The molecule has 1 aromatic rings. The summed E-state index contributed by atoms with van der Waals surface area (Å²) in [6.45, 7) is 0.762. The first-order valence-electron chi connectivity index (χ1n) is 10.9. The molecule has 1 heterocycles. The van der Waals surface area contributed by atoms with Gasteiger partial charge in [-0.3, -0.25) is 15.1 Å². The number of carbonyl (C=O) groups is 1. The number of carbonyl (C=O) groups excluding carboxylic acids is 1. The molecule has 1 aliphatic rings. The van der Waals surface area contributed by atoms with Crippen LogP contribution in [-0.4, -0.2) is 64.0 Å². The van der Waals surface area contributed by atoms with Crippen LogP contribution >= 0.6 is 11.6 Å². The average Bonchev–Trinajstić information content (AvgIpc) is 2.76. The topological polar surface area (TPSA) is 195 Å². The first kappa shape index (κ1) is 26.0. The number of nitrogens with zero attached hydrogens (tertiary/aromatic N) is 3. The summed E-state index contributed by atoms with van der Waals surface area (Å²) in [7, 11) is 0. The van der Waals surface area contributed by atoms with E-state index in [1.165, 1.54) is 0 Å². The Morgan fingerprint density at radius 3 is 2.62 bits per heavy atom. The van der Waals surface area contributed by atoms with Crippen LogP contribution in [0.25, 0.3) is 0 Å². The SMILES string of the molecule is NC(=NCCCCC1CCC(OCCC(O)CO)CC1)NC(=O)c1nc(Cl)c(N)nc1N. The number of aromatic nitrogens is 2. The molecule has 2 rings (SSSR count). The molecule has 0 aliphatic heterocycles. The number of hydrogen-bond donors (Lipinski definition) is 6. The van der Waals surface area contributed by atoms with Crippen LogP contribution < -0.4 is 22.5 Å². The molecule has 1 aromatic heterocycles. The Hall–Kier alpha value is -2.21. The van der Waals surface area contributed by atoms with Gasteiger partial charge in [0, 0.05) is 13.2 Å². The molecular weight excluding hydrogens is 438 g/mol. The van der Waals surface area contributed by atoms with Gasteiger partial charge in [-0.15, -0.1) is 0 Å². The Kier molecular flexibility index (Phi) is 10.9. The second-order valence-corrected chi connectivity index (χ2v) is 8.35. The minimum Gasteiger partial charge on any atom is -0.394 e. The van der Waals surface area contributed by atoms with Gasteiger partial charge in [-0.25, -0.2) is 9.97 Å². The fourth-order valence-corrected chi connectivity index (χ4v) is 3.74. The lowest BCUT2D eigenvalue weighted by atomic mass is 9.84. The van der Waals surface area contributed by atoms with Gasteiger partial charge in [0.05, 0.1) is 18.8 Å². The van der Waals surface area contributed by atoms with Crippen molar-refractivity contribution < 1.29 is 19.7 Å². The second kappa shape index (κ2) is 13.4. The van der Waals surface area contributed by atoms with Gasteiger partial charge in [0.2, 0.25) is 0 Å². The summed E-state index contributed by atoms with van der Waals surface area (Å²) >= 11 is 5.78. The molecule has 0 bridgehead atoms. The highest BCUT2D eigenvalue weighted by Gasteiger charge is 2.21. The number of ether oxygens (including phenoxy) is 1. The van der Waals surface area contributed by atoms with E-state index in [2.05, 4.69) is 20.3 Å². The number of halogens is 1. The van der Waals surface area contributed by atoms with E-state index in [9.17, 15) is 9.90 Å². The van der Waals surface area contributed by atoms with E-state index in [4.69, 9.17) is 38.6 Å². The third-order valence-corrected chi connectivity index (χ3v) is 5.75. The minimum absolute atomic E-state index is 0.0203. The van der Waals surface area contributed by atoms with Crippen LogP contribution in [0.1, 0.15) is 61.9 Å². The van der Waals surface area contributed by atoms with Crippen molar-refractivity contribution in [2.24, 2.45) is 16.6 Å². The molecule has 1 fully saturated rings. The van der Waals surface area contributed by atoms with E-state index in [-0.39, 0.29) is 41.2 Å². The molecule has 1 amide bonds. The number of aliphatic imine (C=N–C) groups is 1. The summed E-state index contributed by atoms with van der Waals surface area (Å²) in [4.78, 5) is 23.9. The highest BCUT2D eigenvalue weighted by molar-refractivity contribution is 6.31. The summed E-state index contributed by atoms with van der Waals surface area (Å²) in [6, 6.07) is 0. The fraction of sp³-hybridized carbons (Fsp3) is 0.700. The largest absolute Gasteiger partial charge is 0.394 e. The predicted molar refractivity (Wildman–Crippen MR) is 123 cm³/mol. The molecular formula is C20H34ClN7O4. The quantitative estimate of drug-likeness (QED) is 0.154. The van der Waals surface area contributed by atoms with Crippen molar-refractivity contribution in [3.05, 3.63) is 10.8 Å². The maximum atomic E-state index is 12.2. The van der Waals surface area contributed by atoms with Crippen molar-refractivity contribution in [1.82, 2.24) is 15.3 Å². The molecule has 180 valence electrons. The number of rotatable bonds is 11. The van der Waals surface area contributed by atoms with Gasteiger partial charge in [-0.05, 0) is 44.4 Å². The van der Waals surface area contributed by atoms with E-state index < -0.39 is 12.0 Å². The monoisotopic (exact) mass is 471 g/mol. The molecule has 1 atom stereocenters. The highest BCUT2D eigenvalue weighted by Crippen LogP contribution is 2.29. The number of aliphatic hydroxyl groups excluding tert-OH is 2. The lowest BCUT2D eigenvalue weighted by Crippen LogP contribution is -2.38. The van der Waals surface area contributed by atoms with E-state index in [0.29, 0.717) is 25.5 Å². The Bertz CT molecular complexity index is 773. The average molecular weight is 472 g/mol. The number of hydrogen-bond acceptors (Lipinski definition) is 9. The van der Waals surface area contributed by atoms with Gasteiger partial charge in [-0.1, -0.05) is 24.4 Å². The summed E-state index contributed by atoms with van der Waals surface area (Å²) in [6.07, 6.45) is 7.33. The highest BCUT2D eigenvalue weighted by atomic mass is 35.5. The van der Waals surface area contributed by atoms with Crippen LogP contribution in [-0.2, 0) is 4.74 Å². The van der Waals surface area contributed by atoms with Crippen LogP contribution in [0.3, 0.4) is 0 Å². The van der Waals surface area contributed by atoms with Crippen molar-refractivity contribution in [3.8, 4) is 0 Å². The molecule has 1 saturated carbocycles. The smallest absolute Gasteiger partial charge is 0.280 e. The van der Waals surface area contributed by atoms with Crippen LogP contribution in [0.15, 0.2) is 4.99 Å². The van der Waals surface area contributed by atoms with Crippen molar-refractivity contribution in [2.45, 2.75) is 63.6 Å². The Morgan fingerprint density at radius 2 is 1.94 bits per heavy atom. The van der Waals surface area contributed by atoms with Crippen molar-refractivity contribution in [3.63, 3.8) is 0 Å². The zero-order valence-electron chi connectivity index (χ0n) is 18.2. The van der Waals surface area contributed by atoms with E-state index in [0.717, 1.165) is 44.9 Å². The van der Waals surface area contributed by atoms with Crippen molar-refractivity contribution in [2.75, 3.05) is 31.2 Å². The van der Waals surface area contributed by atoms with Gasteiger partial charge in [0.25, 0.3) is 5.91 Å². The van der Waals surface area contributed by atoms with Gasteiger partial charge in [-0.2, -0.15) is 0 Å². The molecule has 32 heavy (non-hydrogen) atoms. The second-order valence-electron chi connectivity index (χ2n) is 7.99. The Labute approximate surface area is 192 Å². The van der Waals surface area contributed by atoms with Gasteiger partial charge in [0.15, 0.2) is 28.4 Å². The standard InChI is InChI=1S/C20H34ClN7O4/c21-16-18(23)27-17(22)15(26-16)19(31)28-20(24)25-9-2-1-3-12-4-6-14(7-5-12)32-10-8-13(30)11-29/h12-14,29-30H,1-11H2,(H4,22,23,27)(H3,24,25,28,31). The summed E-state index contributed by atoms with van der Waals surface area (Å²) in [5, 5.41) is 20.5.